The molecule has 1 atom stereocenters. The van der Waals surface area contributed by atoms with Crippen molar-refractivity contribution in [3.63, 3.8) is 0 Å². The van der Waals surface area contributed by atoms with Crippen LogP contribution in [0.25, 0.3) is 0 Å². The first-order valence-electron chi connectivity index (χ1n) is 5.33. The van der Waals surface area contributed by atoms with E-state index >= 15 is 0 Å². The van der Waals surface area contributed by atoms with Crippen LogP contribution in [0.15, 0.2) is 24.3 Å². The highest BCUT2D eigenvalue weighted by Gasteiger charge is 2.06. The first-order valence-corrected chi connectivity index (χ1v) is 5.33. The van der Waals surface area contributed by atoms with Crippen molar-refractivity contribution in [3.8, 4) is 0 Å². The van der Waals surface area contributed by atoms with Gasteiger partial charge in [0.1, 0.15) is 0 Å². The van der Waals surface area contributed by atoms with Gasteiger partial charge in [-0.25, -0.2) is 0 Å². The number of anilines is 1. The molecule has 5 nitrogen and oxygen atoms in total. The minimum absolute atomic E-state index is 0.156. The van der Waals surface area contributed by atoms with Crippen molar-refractivity contribution in [1.29, 1.82) is 0 Å². The van der Waals surface area contributed by atoms with Crippen LogP contribution in [0.3, 0.4) is 0 Å². The van der Waals surface area contributed by atoms with Crippen molar-refractivity contribution in [3.05, 3.63) is 29.8 Å². The van der Waals surface area contributed by atoms with Gasteiger partial charge in [0.2, 0.25) is 5.91 Å². The Bertz CT molecular complexity index is 399. The summed E-state index contributed by atoms with van der Waals surface area (Å²) in [6.45, 7) is 3.23. The zero-order valence-electron chi connectivity index (χ0n) is 9.86. The number of hydrogen-bond donors (Lipinski definition) is 3. The molecule has 0 saturated heterocycles. The molecule has 0 fully saturated rings. The van der Waals surface area contributed by atoms with E-state index < -0.39 is 6.10 Å². The van der Waals surface area contributed by atoms with Crippen LogP contribution in [0, 0.1) is 0 Å². The minimum atomic E-state index is -0.572. The zero-order chi connectivity index (χ0) is 12.8. The zero-order valence-corrected chi connectivity index (χ0v) is 9.86. The molecule has 0 spiro atoms. The molecule has 92 valence electrons. The van der Waals surface area contributed by atoms with Gasteiger partial charge in [0.25, 0.3) is 5.91 Å². The van der Waals surface area contributed by atoms with Gasteiger partial charge in [-0.3, -0.25) is 9.59 Å². The summed E-state index contributed by atoms with van der Waals surface area (Å²) in [7, 11) is 0. The Morgan fingerprint density at radius 2 is 1.88 bits per heavy atom. The van der Waals surface area contributed by atoms with Crippen molar-refractivity contribution >= 4 is 17.5 Å². The lowest BCUT2D eigenvalue weighted by Gasteiger charge is -2.07. The predicted octanol–water partition coefficient (Wildman–Crippen LogP) is 0.756. The summed E-state index contributed by atoms with van der Waals surface area (Å²) >= 11 is 0. The number of amides is 2. The van der Waals surface area contributed by atoms with Crippen LogP contribution in [0.5, 0.6) is 0 Å². The van der Waals surface area contributed by atoms with Crippen LogP contribution >= 0.6 is 0 Å². The van der Waals surface area contributed by atoms with Crippen molar-refractivity contribution in [1.82, 2.24) is 5.32 Å². The number of nitrogens with one attached hydrogen (secondary N) is 2. The van der Waals surface area contributed by atoms with Gasteiger partial charge in [-0.05, 0) is 31.2 Å². The molecule has 0 aromatic heterocycles. The second-order valence-corrected chi connectivity index (χ2v) is 3.82. The number of benzene rings is 1. The van der Waals surface area contributed by atoms with Crippen molar-refractivity contribution in [2.24, 2.45) is 0 Å². The highest BCUT2D eigenvalue weighted by molar-refractivity contribution is 5.95. The summed E-state index contributed by atoms with van der Waals surface area (Å²) in [6, 6.07) is 6.53. The molecule has 17 heavy (non-hydrogen) atoms. The standard InChI is InChI=1S/C12H16N2O3/c1-8(15)7-13-12(17)10-3-5-11(6-4-10)14-9(2)16/h3-6,8,15H,7H2,1-2H3,(H,13,17)(H,14,16). The first-order chi connectivity index (χ1) is 7.99. The van der Waals surface area contributed by atoms with Gasteiger partial charge in [-0.2, -0.15) is 0 Å². The Balaban J connectivity index is 2.60. The molecule has 5 heteroatoms. The second-order valence-electron chi connectivity index (χ2n) is 3.82. The first kappa shape index (κ1) is 13.2. The van der Waals surface area contributed by atoms with Gasteiger partial charge < -0.3 is 15.7 Å². The molecule has 1 rings (SSSR count). The van der Waals surface area contributed by atoms with Crippen molar-refractivity contribution in [2.45, 2.75) is 20.0 Å². The quantitative estimate of drug-likeness (QED) is 0.722. The normalized spacial score (nSPS) is 11.7. The van der Waals surface area contributed by atoms with E-state index in [0.29, 0.717) is 11.3 Å². The van der Waals surface area contributed by atoms with Crippen molar-refractivity contribution < 1.29 is 14.7 Å². The lowest BCUT2D eigenvalue weighted by molar-refractivity contribution is -0.114. The molecular formula is C12H16N2O3. The van der Waals surface area contributed by atoms with E-state index in [2.05, 4.69) is 10.6 Å². The molecule has 0 aliphatic rings. The molecule has 0 aliphatic carbocycles. The maximum Gasteiger partial charge on any atom is 0.251 e. The van der Waals surface area contributed by atoms with Crippen LogP contribution in [0.1, 0.15) is 24.2 Å². The summed E-state index contributed by atoms with van der Waals surface area (Å²) in [5.74, 6) is -0.406. The molecule has 0 saturated carbocycles. The summed E-state index contributed by atoms with van der Waals surface area (Å²) < 4.78 is 0. The summed E-state index contributed by atoms with van der Waals surface area (Å²) in [5.41, 5.74) is 1.13. The largest absolute Gasteiger partial charge is 0.392 e. The Morgan fingerprint density at radius 1 is 1.29 bits per heavy atom. The molecule has 0 radical (unpaired) electrons. The van der Waals surface area contributed by atoms with Gasteiger partial charge in [0.05, 0.1) is 6.10 Å². The second kappa shape index (κ2) is 6.00. The third kappa shape index (κ3) is 4.65. The van der Waals surface area contributed by atoms with Crippen LogP contribution in [0.4, 0.5) is 5.69 Å². The summed E-state index contributed by atoms with van der Waals surface area (Å²) in [4.78, 5) is 22.4. The van der Waals surface area contributed by atoms with E-state index in [1.807, 2.05) is 0 Å². The van der Waals surface area contributed by atoms with E-state index in [9.17, 15) is 9.59 Å². The number of carbonyl (C=O) groups excluding carboxylic acids is 2. The Labute approximate surface area is 99.8 Å². The van der Waals surface area contributed by atoms with Crippen LogP contribution in [-0.2, 0) is 4.79 Å². The topological polar surface area (TPSA) is 78.4 Å². The smallest absolute Gasteiger partial charge is 0.251 e. The summed E-state index contributed by atoms with van der Waals surface area (Å²) in [6.07, 6.45) is -0.572. The van der Waals surface area contributed by atoms with Crippen LogP contribution < -0.4 is 10.6 Å². The fourth-order valence-corrected chi connectivity index (χ4v) is 1.25. The summed E-state index contributed by atoms with van der Waals surface area (Å²) in [5, 5.41) is 14.2. The number of aliphatic hydroxyl groups excluding tert-OH is 1. The lowest BCUT2D eigenvalue weighted by Crippen LogP contribution is -2.30. The Morgan fingerprint density at radius 3 is 2.35 bits per heavy atom. The van der Waals surface area contributed by atoms with E-state index in [0.717, 1.165) is 0 Å². The Kier molecular flexibility index (Phi) is 4.66. The van der Waals surface area contributed by atoms with Gasteiger partial charge in [-0.15, -0.1) is 0 Å². The third-order valence-electron chi connectivity index (χ3n) is 2.03. The number of rotatable bonds is 4. The molecule has 0 bridgehead atoms. The minimum Gasteiger partial charge on any atom is -0.392 e. The monoisotopic (exact) mass is 236 g/mol. The maximum atomic E-state index is 11.6. The molecule has 1 aromatic rings. The number of hydrogen-bond acceptors (Lipinski definition) is 3. The van der Waals surface area contributed by atoms with Crippen LogP contribution in [0.2, 0.25) is 0 Å². The average Bonchev–Trinajstić information content (AvgIpc) is 2.26. The highest BCUT2D eigenvalue weighted by atomic mass is 16.3. The van der Waals surface area contributed by atoms with E-state index in [4.69, 9.17) is 5.11 Å². The van der Waals surface area contributed by atoms with E-state index in [1.165, 1.54) is 6.92 Å². The fraction of sp³-hybridized carbons (Fsp3) is 0.333. The number of aliphatic hydroxyl groups is 1. The van der Waals surface area contributed by atoms with Gasteiger partial charge in [0, 0.05) is 24.7 Å². The molecule has 0 aliphatic heterocycles. The van der Waals surface area contributed by atoms with Gasteiger partial charge in [-0.1, -0.05) is 0 Å². The fourth-order valence-electron chi connectivity index (χ4n) is 1.25. The molecule has 1 aromatic carbocycles. The predicted molar refractivity (Wildman–Crippen MR) is 64.8 cm³/mol. The molecule has 3 N–H and O–H groups in total. The van der Waals surface area contributed by atoms with Gasteiger partial charge >= 0.3 is 0 Å². The average molecular weight is 236 g/mol. The van der Waals surface area contributed by atoms with E-state index in [1.54, 1.807) is 31.2 Å². The SMILES string of the molecule is CC(=O)Nc1ccc(C(=O)NCC(C)O)cc1. The van der Waals surface area contributed by atoms with Crippen LogP contribution in [-0.4, -0.2) is 29.6 Å². The maximum absolute atomic E-state index is 11.6. The van der Waals surface area contributed by atoms with Crippen molar-refractivity contribution in [2.75, 3.05) is 11.9 Å². The van der Waals surface area contributed by atoms with E-state index in [-0.39, 0.29) is 18.4 Å². The third-order valence-corrected chi connectivity index (χ3v) is 2.03. The molecular weight excluding hydrogens is 220 g/mol. The Hall–Kier alpha value is -1.88. The lowest BCUT2D eigenvalue weighted by atomic mass is 10.2. The number of carbonyl (C=O) groups is 2. The molecule has 1 unspecified atom stereocenters. The molecule has 0 heterocycles. The highest BCUT2D eigenvalue weighted by Crippen LogP contribution is 2.09. The van der Waals surface area contributed by atoms with Gasteiger partial charge in [0.15, 0.2) is 0 Å². The molecule has 2 amide bonds.